The molecule has 2 rings (SSSR count). The quantitative estimate of drug-likeness (QED) is 0.614. The Labute approximate surface area is 116 Å². The largest absolute Gasteiger partial charge is 0.0847 e. The Morgan fingerprint density at radius 1 is 1.16 bits per heavy atom. The van der Waals surface area contributed by atoms with E-state index in [-0.39, 0.29) is 5.41 Å². The molecule has 0 heterocycles. The molecule has 1 aliphatic carbocycles. The number of hydrogen-bond donors (Lipinski definition) is 0. The van der Waals surface area contributed by atoms with E-state index in [0.717, 1.165) is 12.8 Å². The molecular weight excluding hydrogens is 228 g/mol. The molecule has 0 heteroatoms. The maximum Gasteiger partial charge on any atom is 0.0136 e. The van der Waals surface area contributed by atoms with E-state index in [1.165, 1.54) is 11.1 Å². The highest BCUT2D eigenvalue weighted by Gasteiger charge is 2.22. The summed E-state index contributed by atoms with van der Waals surface area (Å²) in [5.41, 5.74) is 2.79. The molecule has 1 atom stereocenters. The fraction of sp³-hybridized carbons (Fsp3) is 0.263. The van der Waals surface area contributed by atoms with Gasteiger partial charge in [0.2, 0.25) is 0 Å². The lowest BCUT2D eigenvalue weighted by molar-refractivity contribution is 0.504. The van der Waals surface area contributed by atoms with Gasteiger partial charge in [-0.15, -0.1) is 0 Å². The van der Waals surface area contributed by atoms with Crippen LogP contribution in [0.15, 0.2) is 72.4 Å². The van der Waals surface area contributed by atoms with Crippen molar-refractivity contribution in [3.8, 4) is 0 Å². The average molecular weight is 250 g/mol. The summed E-state index contributed by atoms with van der Waals surface area (Å²) < 4.78 is 0. The summed E-state index contributed by atoms with van der Waals surface area (Å²) in [5.74, 6) is 0. The minimum absolute atomic E-state index is 0.141. The summed E-state index contributed by atoms with van der Waals surface area (Å²) in [7, 11) is 0. The zero-order chi connectivity index (χ0) is 13.6. The van der Waals surface area contributed by atoms with E-state index in [9.17, 15) is 0 Å². The molecule has 0 saturated heterocycles. The van der Waals surface area contributed by atoms with Gasteiger partial charge in [-0.25, -0.2) is 0 Å². The first kappa shape index (κ1) is 13.6. The summed E-state index contributed by atoms with van der Waals surface area (Å²) in [6.45, 7) is 4.33. The Hall–Kier alpha value is -1.82. The van der Waals surface area contributed by atoms with Gasteiger partial charge in [-0.05, 0) is 32.3 Å². The standard InChI is InChI=1S/C19H22/c1-17(2)11-15-19(13-7-4-8-14-19)16-12-18-9-5-3-6-10-18/h3-13,16H,14-15H2,1-2H3. The second kappa shape index (κ2) is 6.38. The summed E-state index contributed by atoms with van der Waals surface area (Å²) in [5, 5.41) is 0. The summed E-state index contributed by atoms with van der Waals surface area (Å²) in [4.78, 5) is 0. The number of benzene rings is 1. The Morgan fingerprint density at radius 2 is 1.95 bits per heavy atom. The first-order valence-electron chi connectivity index (χ1n) is 6.92. The van der Waals surface area contributed by atoms with Crippen LogP contribution < -0.4 is 0 Å². The maximum absolute atomic E-state index is 2.35. The summed E-state index contributed by atoms with van der Waals surface area (Å²) in [6, 6.07) is 10.5. The maximum atomic E-state index is 2.35. The molecule has 0 bridgehead atoms. The van der Waals surface area contributed by atoms with E-state index >= 15 is 0 Å². The summed E-state index contributed by atoms with van der Waals surface area (Å²) >= 11 is 0. The third-order valence-corrected chi connectivity index (χ3v) is 3.47. The lowest BCUT2D eigenvalue weighted by Gasteiger charge is -2.27. The zero-order valence-electron chi connectivity index (χ0n) is 11.8. The lowest BCUT2D eigenvalue weighted by Crippen LogP contribution is -2.14. The Kier molecular flexibility index (Phi) is 4.57. The van der Waals surface area contributed by atoms with E-state index < -0.39 is 0 Å². The van der Waals surface area contributed by atoms with Gasteiger partial charge in [0.15, 0.2) is 0 Å². The predicted octanol–water partition coefficient (Wildman–Crippen LogP) is 5.56. The van der Waals surface area contributed by atoms with Crippen LogP contribution in [0.1, 0.15) is 32.3 Å². The van der Waals surface area contributed by atoms with E-state index in [1.807, 2.05) is 0 Å². The smallest absolute Gasteiger partial charge is 0.0136 e. The van der Waals surface area contributed by atoms with Crippen LogP contribution in [-0.2, 0) is 0 Å². The van der Waals surface area contributed by atoms with Gasteiger partial charge in [0, 0.05) is 5.41 Å². The van der Waals surface area contributed by atoms with Crippen LogP contribution in [-0.4, -0.2) is 0 Å². The van der Waals surface area contributed by atoms with Gasteiger partial charge >= 0.3 is 0 Å². The Balaban J connectivity index is 2.19. The molecule has 1 aromatic rings. The highest BCUT2D eigenvalue weighted by atomic mass is 14.3. The Morgan fingerprint density at radius 3 is 2.58 bits per heavy atom. The van der Waals surface area contributed by atoms with Crippen molar-refractivity contribution in [2.75, 3.05) is 0 Å². The molecule has 0 amide bonds. The average Bonchev–Trinajstić information content (AvgIpc) is 2.45. The SMILES string of the molecule is CC(C)=CCC1(C=Cc2ccccc2)C=CC=CC1. The fourth-order valence-corrected chi connectivity index (χ4v) is 2.24. The topological polar surface area (TPSA) is 0 Å². The van der Waals surface area contributed by atoms with Gasteiger partial charge < -0.3 is 0 Å². The van der Waals surface area contributed by atoms with Crippen LogP contribution in [0.5, 0.6) is 0 Å². The minimum atomic E-state index is 0.141. The molecule has 1 unspecified atom stereocenters. The molecule has 1 aromatic carbocycles. The summed E-state index contributed by atoms with van der Waals surface area (Å²) in [6.07, 6.45) is 18.0. The monoisotopic (exact) mass is 250 g/mol. The molecule has 0 aliphatic heterocycles. The van der Waals surface area contributed by atoms with Crippen LogP contribution in [0.2, 0.25) is 0 Å². The third kappa shape index (κ3) is 4.10. The number of rotatable bonds is 4. The van der Waals surface area contributed by atoms with Crippen LogP contribution >= 0.6 is 0 Å². The first-order chi connectivity index (χ1) is 9.20. The third-order valence-electron chi connectivity index (χ3n) is 3.47. The van der Waals surface area contributed by atoms with Gasteiger partial charge in [0.25, 0.3) is 0 Å². The van der Waals surface area contributed by atoms with Gasteiger partial charge in [0.1, 0.15) is 0 Å². The molecule has 0 spiro atoms. The van der Waals surface area contributed by atoms with Crippen molar-refractivity contribution in [1.29, 1.82) is 0 Å². The molecule has 1 aliphatic rings. The van der Waals surface area contributed by atoms with Crippen LogP contribution in [0.25, 0.3) is 6.08 Å². The zero-order valence-corrected chi connectivity index (χ0v) is 11.8. The molecule has 0 fully saturated rings. The molecule has 0 saturated carbocycles. The first-order valence-corrected chi connectivity index (χ1v) is 6.92. The van der Waals surface area contributed by atoms with Crippen LogP contribution in [0, 0.1) is 5.41 Å². The van der Waals surface area contributed by atoms with Gasteiger partial charge in [-0.3, -0.25) is 0 Å². The van der Waals surface area contributed by atoms with Crippen molar-refractivity contribution >= 4 is 6.08 Å². The van der Waals surface area contributed by atoms with Crippen molar-refractivity contribution < 1.29 is 0 Å². The van der Waals surface area contributed by atoms with Crippen LogP contribution in [0.4, 0.5) is 0 Å². The van der Waals surface area contributed by atoms with Crippen molar-refractivity contribution in [2.24, 2.45) is 5.41 Å². The van der Waals surface area contributed by atoms with Crippen molar-refractivity contribution in [3.05, 3.63) is 77.9 Å². The molecule has 0 radical (unpaired) electrons. The normalized spacial score (nSPS) is 21.8. The van der Waals surface area contributed by atoms with E-state index in [4.69, 9.17) is 0 Å². The highest BCUT2D eigenvalue weighted by molar-refractivity contribution is 5.51. The number of allylic oxidation sites excluding steroid dienone is 7. The van der Waals surface area contributed by atoms with E-state index in [0.29, 0.717) is 0 Å². The molecule has 19 heavy (non-hydrogen) atoms. The highest BCUT2D eigenvalue weighted by Crippen LogP contribution is 2.35. The molecular formula is C19H22. The van der Waals surface area contributed by atoms with E-state index in [1.54, 1.807) is 0 Å². The van der Waals surface area contributed by atoms with Gasteiger partial charge in [0.05, 0.1) is 0 Å². The predicted molar refractivity (Wildman–Crippen MR) is 84.9 cm³/mol. The van der Waals surface area contributed by atoms with Crippen molar-refractivity contribution in [2.45, 2.75) is 26.7 Å². The molecule has 0 nitrogen and oxygen atoms in total. The number of hydrogen-bond acceptors (Lipinski definition) is 0. The van der Waals surface area contributed by atoms with Crippen molar-refractivity contribution in [1.82, 2.24) is 0 Å². The lowest BCUT2D eigenvalue weighted by atomic mass is 9.77. The fourth-order valence-electron chi connectivity index (χ4n) is 2.24. The van der Waals surface area contributed by atoms with Gasteiger partial charge in [-0.1, -0.05) is 78.4 Å². The Bertz CT molecular complexity index is 510. The molecule has 0 N–H and O–H groups in total. The molecule has 98 valence electrons. The minimum Gasteiger partial charge on any atom is -0.0847 e. The van der Waals surface area contributed by atoms with Crippen LogP contribution in [0.3, 0.4) is 0 Å². The van der Waals surface area contributed by atoms with Crippen molar-refractivity contribution in [3.63, 3.8) is 0 Å². The van der Waals surface area contributed by atoms with E-state index in [2.05, 4.69) is 86.7 Å². The second-order valence-electron chi connectivity index (χ2n) is 5.45. The molecule has 0 aromatic heterocycles. The van der Waals surface area contributed by atoms with Gasteiger partial charge in [-0.2, -0.15) is 0 Å². The second-order valence-corrected chi connectivity index (χ2v) is 5.45.